The van der Waals surface area contributed by atoms with Crippen molar-refractivity contribution in [3.05, 3.63) is 81.9 Å². The van der Waals surface area contributed by atoms with Crippen LogP contribution in [0.15, 0.2) is 36.4 Å². The first kappa shape index (κ1) is 42.0. The fraction of sp³-hybridized carbons (Fsp3) is 0.500. The highest BCUT2D eigenvalue weighted by Gasteiger charge is 2.37. The van der Waals surface area contributed by atoms with Crippen molar-refractivity contribution in [2.24, 2.45) is 23.7 Å². The van der Waals surface area contributed by atoms with Crippen molar-refractivity contribution in [3.63, 3.8) is 0 Å². The lowest BCUT2D eigenvalue weighted by Gasteiger charge is -2.28. The molecule has 7 rings (SSSR count). The van der Waals surface area contributed by atoms with Crippen LogP contribution in [0.25, 0.3) is 11.1 Å². The average molecular weight is 795 g/mol. The Morgan fingerprint density at radius 3 is 1.21 bits per heavy atom. The van der Waals surface area contributed by atoms with Crippen LogP contribution in [0.5, 0.6) is 11.5 Å². The topological polar surface area (TPSA) is 170 Å². The second-order valence-corrected chi connectivity index (χ2v) is 16.9. The molecular formula is C44H58N8O6. The van der Waals surface area contributed by atoms with E-state index in [0.717, 1.165) is 22.3 Å². The van der Waals surface area contributed by atoms with Gasteiger partial charge < -0.3 is 39.9 Å². The standard InChI is InChI=1S/C44H58N8O6/c1-21(2)33-39-45-37-25(9)51(39)19-27-13-15-31(57-11)29(17-27)30-18-28(14-16-32(30)58-12)20-52-26(10)38(44(56)49-35(23(5)6)41(53)47-33)46-40(52)34(22(3)4)48-42(54)36(24(7)8)50-43(37)55/h13-18,21-24,33-36H,19-20H2,1-12H3,(H,47,53)(H,48,54)(H,49,56)(H,50,55)/t33-,34-,35-,36-/m0/s1. The molecule has 3 aliphatic heterocycles. The van der Waals surface area contributed by atoms with Crippen LogP contribution in [0.4, 0.5) is 0 Å². The highest BCUT2D eigenvalue weighted by Crippen LogP contribution is 2.39. The minimum atomic E-state index is -0.935. The van der Waals surface area contributed by atoms with E-state index in [1.165, 1.54) is 0 Å². The van der Waals surface area contributed by atoms with Gasteiger partial charge in [0.05, 0.1) is 26.3 Å². The summed E-state index contributed by atoms with van der Waals surface area (Å²) in [5.41, 5.74) is 4.73. The smallest absolute Gasteiger partial charge is 0.272 e. The van der Waals surface area contributed by atoms with E-state index in [-0.39, 0.29) is 48.1 Å². The molecule has 0 spiro atoms. The summed E-state index contributed by atoms with van der Waals surface area (Å²) in [6.07, 6.45) is 0. The van der Waals surface area contributed by atoms with E-state index < -0.39 is 47.8 Å². The van der Waals surface area contributed by atoms with Gasteiger partial charge >= 0.3 is 0 Å². The van der Waals surface area contributed by atoms with Crippen molar-refractivity contribution in [2.45, 2.75) is 106 Å². The fourth-order valence-electron chi connectivity index (χ4n) is 7.94. The molecule has 10 bridgehead atoms. The van der Waals surface area contributed by atoms with Gasteiger partial charge in [0.1, 0.15) is 46.6 Å². The van der Waals surface area contributed by atoms with Gasteiger partial charge in [-0.1, -0.05) is 67.5 Å². The quantitative estimate of drug-likeness (QED) is 0.194. The lowest BCUT2D eigenvalue weighted by molar-refractivity contribution is -0.125. The number of ether oxygens (including phenoxy) is 2. The molecule has 58 heavy (non-hydrogen) atoms. The predicted molar refractivity (Wildman–Crippen MR) is 221 cm³/mol. The molecule has 2 aromatic heterocycles. The molecule has 0 fully saturated rings. The third-order valence-electron chi connectivity index (χ3n) is 11.4. The Kier molecular flexibility index (Phi) is 12.1. The van der Waals surface area contributed by atoms with Crippen LogP contribution < -0.4 is 30.7 Å². The van der Waals surface area contributed by atoms with Crippen LogP contribution in [0.3, 0.4) is 0 Å². The molecule has 0 saturated heterocycles. The zero-order valence-corrected chi connectivity index (χ0v) is 35.7. The Bertz CT molecular complexity index is 2080. The number of aromatic nitrogens is 4. The van der Waals surface area contributed by atoms with Crippen LogP contribution in [0, 0.1) is 37.5 Å². The minimum absolute atomic E-state index is 0.139. The second kappa shape index (κ2) is 16.7. The normalized spacial score (nSPS) is 20.2. The van der Waals surface area contributed by atoms with Crippen LogP contribution in [-0.4, -0.2) is 69.0 Å². The molecule has 310 valence electrons. The van der Waals surface area contributed by atoms with Gasteiger partial charge in [0.2, 0.25) is 11.8 Å². The van der Waals surface area contributed by atoms with Gasteiger partial charge in [-0.2, -0.15) is 0 Å². The summed E-state index contributed by atoms with van der Waals surface area (Å²) in [5.74, 6) is -0.600. The molecule has 3 aliphatic rings. The number of hydrogen-bond acceptors (Lipinski definition) is 8. The van der Waals surface area contributed by atoms with E-state index in [1.807, 2.05) is 115 Å². The Balaban J connectivity index is 1.74. The summed E-state index contributed by atoms with van der Waals surface area (Å²) in [7, 11) is 3.25. The molecule has 2 aromatic carbocycles. The highest BCUT2D eigenvalue weighted by molar-refractivity contribution is 5.98. The SMILES string of the molecule is COc1ccc2cc1-c1cc(ccc1OC)Cn1c3nc(c1C)C(=O)N[C@@H](C(C)C)C(=O)N[C@@H](C(C)C)c1nc(c(C)n1C2)C(=O)N[C@@H](C(C)C)C(=O)N[C@H]3C(C)C. The maximum absolute atomic E-state index is 14.4. The lowest BCUT2D eigenvalue weighted by Crippen LogP contribution is -2.52. The van der Waals surface area contributed by atoms with Crippen LogP contribution >= 0.6 is 0 Å². The zero-order chi connectivity index (χ0) is 42.3. The fourth-order valence-corrected chi connectivity index (χ4v) is 7.94. The number of carbonyl (C=O) groups excluding carboxylic acids is 4. The van der Waals surface area contributed by atoms with Crippen molar-refractivity contribution in [1.82, 2.24) is 40.4 Å². The molecule has 0 unspecified atom stereocenters. The zero-order valence-electron chi connectivity index (χ0n) is 35.7. The molecule has 0 radical (unpaired) electrons. The Hall–Kier alpha value is -5.66. The predicted octanol–water partition coefficient (Wildman–Crippen LogP) is 5.64. The molecule has 0 aliphatic carbocycles. The Morgan fingerprint density at radius 2 is 0.897 bits per heavy atom. The first-order valence-electron chi connectivity index (χ1n) is 20.2. The van der Waals surface area contributed by atoms with Crippen molar-refractivity contribution in [2.75, 3.05) is 14.2 Å². The largest absolute Gasteiger partial charge is 0.496 e. The van der Waals surface area contributed by atoms with E-state index in [9.17, 15) is 19.2 Å². The molecular weight excluding hydrogens is 737 g/mol. The summed E-state index contributed by atoms with van der Waals surface area (Å²) in [6, 6.07) is 8.63. The van der Waals surface area contributed by atoms with Crippen molar-refractivity contribution in [1.29, 1.82) is 0 Å². The summed E-state index contributed by atoms with van der Waals surface area (Å²) in [5, 5.41) is 12.4. The van der Waals surface area contributed by atoms with E-state index in [2.05, 4.69) is 21.3 Å². The van der Waals surface area contributed by atoms with Gasteiger partial charge in [-0.05, 0) is 72.9 Å². The average Bonchev–Trinajstić information content (AvgIpc) is 3.67. The molecule has 4 amide bonds. The van der Waals surface area contributed by atoms with E-state index in [4.69, 9.17) is 19.4 Å². The van der Waals surface area contributed by atoms with Crippen molar-refractivity contribution >= 4 is 23.6 Å². The first-order chi connectivity index (χ1) is 27.4. The van der Waals surface area contributed by atoms with Gasteiger partial charge in [-0.25, -0.2) is 9.97 Å². The third kappa shape index (κ3) is 7.93. The molecule has 5 heterocycles. The summed E-state index contributed by atoms with van der Waals surface area (Å²) in [6.45, 7) is 19.6. The summed E-state index contributed by atoms with van der Waals surface area (Å²) in [4.78, 5) is 67.6. The first-order valence-corrected chi connectivity index (χ1v) is 20.2. The number of fused-ring (bicyclic) bond motifs is 10. The van der Waals surface area contributed by atoms with Crippen LogP contribution in [0.1, 0.15) is 123 Å². The van der Waals surface area contributed by atoms with Gasteiger partial charge in [-0.15, -0.1) is 0 Å². The van der Waals surface area contributed by atoms with Crippen LogP contribution in [0.2, 0.25) is 0 Å². The maximum Gasteiger partial charge on any atom is 0.272 e. The summed E-state index contributed by atoms with van der Waals surface area (Å²) >= 11 is 0. The van der Waals surface area contributed by atoms with E-state index in [1.54, 1.807) is 14.2 Å². The molecule has 4 atom stereocenters. The number of nitrogens with one attached hydrogen (secondary N) is 4. The second-order valence-electron chi connectivity index (χ2n) is 16.9. The number of imidazole rings is 2. The summed E-state index contributed by atoms with van der Waals surface area (Å²) < 4.78 is 15.7. The number of rotatable bonds is 6. The number of methoxy groups -OCH3 is 2. The lowest BCUT2D eigenvalue weighted by atomic mass is 9.97. The van der Waals surface area contributed by atoms with Crippen LogP contribution in [-0.2, 0) is 22.7 Å². The minimum Gasteiger partial charge on any atom is -0.496 e. The highest BCUT2D eigenvalue weighted by atomic mass is 16.5. The molecule has 4 aromatic rings. The number of nitrogens with zero attached hydrogens (tertiary/aromatic N) is 4. The van der Waals surface area contributed by atoms with Crippen molar-refractivity contribution < 1.29 is 28.7 Å². The van der Waals surface area contributed by atoms with E-state index >= 15 is 0 Å². The van der Waals surface area contributed by atoms with Gasteiger partial charge in [0, 0.05) is 35.6 Å². The molecule has 14 heteroatoms. The van der Waals surface area contributed by atoms with Gasteiger partial charge in [0.15, 0.2) is 0 Å². The van der Waals surface area contributed by atoms with Gasteiger partial charge in [0.25, 0.3) is 11.8 Å². The van der Waals surface area contributed by atoms with Gasteiger partial charge in [-0.3, -0.25) is 19.2 Å². The number of carbonyl (C=O) groups is 4. The monoisotopic (exact) mass is 794 g/mol. The molecule has 0 saturated carbocycles. The van der Waals surface area contributed by atoms with Crippen molar-refractivity contribution in [3.8, 4) is 22.6 Å². The maximum atomic E-state index is 14.4. The molecule has 4 N–H and O–H groups in total. The number of hydrogen-bond donors (Lipinski definition) is 4. The Morgan fingerprint density at radius 1 is 0.552 bits per heavy atom. The third-order valence-corrected chi connectivity index (χ3v) is 11.4. The Labute approximate surface area is 340 Å². The molecule has 14 nitrogen and oxygen atoms in total. The number of benzene rings is 2. The number of amides is 4. The van der Waals surface area contributed by atoms with E-state index in [0.29, 0.717) is 34.5 Å².